The Morgan fingerprint density at radius 2 is 1.86 bits per heavy atom. The lowest BCUT2D eigenvalue weighted by atomic mass is 10.00. The van der Waals surface area contributed by atoms with Crippen LogP contribution in [0.3, 0.4) is 0 Å². The number of anilines is 1. The summed E-state index contributed by atoms with van der Waals surface area (Å²) in [6.45, 7) is 1.74. The van der Waals surface area contributed by atoms with E-state index in [0.717, 1.165) is 23.7 Å². The van der Waals surface area contributed by atoms with Gasteiger partial charge in [0.1, 0.15) is 10.7 Å². The van der Waals surface area contributed by atoms with Gasteiger partial charge in [-0.05, 0) is 62.9 Å². The fourth-order valence-electron chi connectivity index (χ4n) is 5.05. The third-order valence-corrected chi connectivity index (χ3v) is 8.39. The zero-order valence-corrected chi connectivity index (χ0v) is 20.2. The highest BCUT2D eigenvalue weighted by atomic mass is 32.2. The van der Waals surface area contributed by atoms with Gasteiger partial charge in [0.2, 0.25) is 16.0 Å². The number of sulfonamides is 1. The lowest BCUT2D eigenvalue weighted by Crippen LogP contribution is -2.49. The molecule has 0 amide bonds. The maximum atomic E-state index is 13.3. The molecule has 2 aliphatic heterocycles. The van der Waals surface area contributed by atoms with Crippen molar-refractivity contribution in [1.82, 2.24) is 19.3 Å². The molecule has 1 aromatic carbocycles. The smallest absolute Gasteiger partial charge is 0.245 e. The maximum absolute atomic E-state index is 13.3. The van der Waals surface area contributed by atoms with Gasteiger partial charge in [-0.15, -0.1) is 0 Å². The van der Waals surface area contributed by atoms with Gasteiger partial charge in [-0.1, -0.05) is 12.1 Å². The Labute approximate surface area is 204 Å². The molecule has 3 atom stereocenters. The van der Waals surface area contributed by atoms with Crippen molar-refractivity contribution in [2.45, 2.75) is 55.6 Å². The molecule has 2 aromatic heterocycles. The van der Waals surface area contributed by atoms with Crippen LogP contribution in [0.5, 0.6) is 0 Å². The summed E-state index contributed by atoms with van der Waals surface area (Å²) < 4.78 is 28.2. The molecule has 2 bridgehead atoms. The molecule has 35 heavy (non-hydrogen) atoms. The first kappa shape index (κ1) is 23.2. The molecule has 1 unspecified atom stereocenters. The fraction of sp³-hybridized carbons (Fsp3) is 0.333. The Hall–Kier alpha value is -3.57. The van der Waals surface area contributed by atoms with Gasteiger partial charge in [-0.25, -0.2) is 18.4 Å². The van der Waals surface area contributed by atoms with Crippen LogP contribution >= 0.6 is 0 Å². The van der Waals surface area contributed by atoms with Gasteiger partial charge < -0.3 is 16.8 Å². The van der Waals surface area contributed by atoms with Crippen LogP contribution in [0.25, 0.3) is 10.9 Å². The topological polar surface area (TPSA) is 152 Å². The standard InChI is InChI=1S/C24H28N8O2S/c1-15(25)11-22(26)30-23-20-6-2-3-7-21(20)29-24(31-23)28-16-12-17-8-9-18(13-16)32(17)35(33,34)19-5-4-10-27-14-19/h2-7,10-11,14,16-18H,8-9,12-13,25H2,1H3,(H3,26,28,29,30,31)/b15-11-/t16?,17-,18+. The number of aliphatic imine (C=N–C) groups is 1. The Morgan fingerprint density at radius 1 is 1.11 bits per heavy atom. The number of rotatable bonds is 6. The van der Waals surface area contributed by atoms with Gasteiger partial charge in [-0.2, -0.15) is 9.29 Å². The summed E-state index contributed by atoms with van der Waals surface area (Å²) in [5, 5.41) is 4.21. The van der Waals surface area contributed by atoms with Crippen molar-refractivity contribution in [3.05, 3.63) is 60.6 Å². The van der Waals surface area contributed by atoms with E-state index >= 15 is 0 Å². The summed E-state index contributed by atoms with van der Waals surface area (Å²) in [4.78, 5) is 18.0. The van der Waals surface area contributed by atoms with Crippen molar-refractivity contribution in [2.24, 2.45) is 16.5 Å². The Balaban J connectivity index is 1.40. The van der Waals surface area contributed by atoms with Crippen LogP contribution in [0.2, 0.25) is 0 Å². The van der Waals surface area contributed by atoms with Gasteiger partial charge >= 0.3 is 0 Å². The van der Waals surface area contributed by atoms with Crippen molar-refractivity contribution in [3.63, 3.8) is 0 Å². The number of hydrogen-bond acceptors (Lipinski definition) is 8. The molecule has 11 heteroatoms. The molecule has 2 saturated heterocycles. The lowest BCUT2D eigenvalue weighted by molar-refractivity contribution is 0.234. The zero-order chi connectivity index (χ0) is 24.6. The summed E-state index contributed by atoms with van der Waals surface area (Å²) in [7, 11) is -3.59. The largest absolute Gasteiger partial charge is 0.402 e. The number of fused-ring (bicyclic) bond motifs is 3. The minimum atomic E-state index is -3.59. The molecular weight excluding hydrogens is 464 g/mol. The van der Waals surface area contributed by atoms with Crippen LogP contribution < -0.4 is 16.8 Å². The highest BCUT2D eigenvalue weighted by molar-refractivity contribution is 7.89. The second-order valence-electron chi connectivity index (χ2n) is 9.03. The predicted octanol–water partition coefficient (Wildman–Crippen LogP) is 2.67. The van der Waals surface area contributed by atoms with Crippen LogP contribution in [0.4, 0.5) is 11.8 Å². The first-order chi connectivity index (χ1) is 16.8. The van der Waals surface area contributed by atoms with Crippen molar-refractivity contribution < 1.29 is 8.42 Å². The van der Waals surface area contributed by atoms with E-state index < -0.39 is 10.0 Å². The molecule has 10 nitrogen and oxygen atoms in total. The van der Waals surface area contributed by atoms with E-state index in [9.17, 15) is 8.42 Å². The van der Waals surface area contributed by atoms with E-state index in [4.69, 9.17) is 11.5 Å². The van der Waals surface area contributed by atoms with Gasteiger partial charge in [0, 0.05) is 41.6 Å². The lowest BCUT2D eigenvalue weighted by Gasteiger charge is -2.38. The molecule has 4 heterocycles. The highest BCUT2D eigenvalue weighted by Crippen LogP contribution is 2.40. The molecule has 2 aliphatic rings. The molecule has 0 radical (unpaired) electrons. The number of aromatic nitrogens is 3. The summed E-state index contributed by atoms with van der Waals surface area (Å²) in [5.74, 6) is 1.15. The SMILES string of the molecule is C/C(N)=C/C(N)=Nc1nc(NC2C[C@H]3CC[C@@H](C2)N3S(=O)(=O)c2cccnc2)nc2ccccc12. The third-order valence-electron chi connectivity index (χ3n) is 6.40. The molecule has 0 saturated carbocycles. The molecule has 3 aromatic rings. The summed E-state index contributed by atoms with van der Waals surface area (Å²) in [6.07, 6.45) is 7.57. The number of amidine groups is 1. The van der Waals surface area contributed by atoms with Gasteiger partial charge in [0.25, 0.3) is 0 Å². The van der Waals surface area contributed by atoms with E-state index in [0.29, 0.717) is 30.3 Å². The summed E-state index contributed by atoms with van der Waals surface area (Å²) in [5.41, 5.74) is 13.0. The van der Waals surface area contributed by atoms with Crippen molar-refractivity contribution in [2.75, 3.05) is 5.32 Å². The van der Waals surface area contributed by atoms with Crippen LogP contribution in [-0.2, 0) is 10.0 Å². The van der Waals surface area contributed by atoms with E-state index in [1.165, 1.54) is 6.20 Å². The molecule has 5 N–H and O–H groups in total. The second kappa shape index (κ2) is 9.23. The van der Waals surface area contributed by atoms with Crippen molar-refractivity contribution in [1.29, 1.82) is 0 Å². The second-order valence-corrected chi connectivity index (χ2v) is 10.9. The first-order valence-corrected chi connectivity index (χ1v) is 13.0. The molecule has 182 valence electrons. The number of pyridine rings is 1. The number of nitrogens with zero attached hydrogens (tertiary/aromatic N) is 5. The Kier molecular flexibility index (Phi) is 6.12. The van der Waals surface area contributed by atoms with Gasteiger partial charge in [0.05, 0.1) is 5.52 Å². The van der Waals surface area contributed by atoms with Gasteiger partial charge in [0.15, 0.2) is 5.82 Å². The number of nitrogens with two attached hydrogens (primary N) is 2. The summed E-state index contributed by atoms with van der Waals surface area (Å²) in [6, 6.07) is 10.7. The minimum Gasteiger partial charge on any atom is -0.402 e. The van der Waals surface area contributed by atoms with Crippen molar-refractivity contribution in [3.8, 4) is 0 Å². The van der Waals surface area contributed by atoms with Crippen molar-refractivity contribution >= 4 is 38.5 Å². The average Bonchev–Trinajstić information content (AvgIpc) is 3.11. The Bertz CT molecular complexity index is 1390. The number of piperidine rings is 1. The minimum absolute atomic E-state index is 0.0365. The van der Waals surface area contributed by atoms with E-state index in [-0.39, 0.29) is 28.9 Å². The molecule has 0 aliphatic carbocycles. The monoisotopic (exact) mass is 492 g/mol. The highest BCUT2D eigenvalue weighted by Gasteiger charge is 2.47. The quantitative estimate of drug-likeness (QED) is 0.351. The maximum Gasteiger partial charge on any atom is 0.245 e. The normalized spacial score (nSPS) is 23.5. The van der Waals surface area contributed by atoms with Crippen LogP contribution in [0, 0.1) is 0 Å². The van der Waals surface area contributed by atoms with E-state index in [1.54, 1.807) is 35.6 Å². The fourth-order valence-corrected chi connectivity index (χ4v) is 6.90. The Morgan fingerprint density at radius 3 is 2.54 bits per heavy atom. The zero-order valence-electron chi connectivity index (χ0n) is 19.4. The first-order valence-electron chi connectivity index (χ1n) is 11.6. The van der Waals surface area contributed by atoms with Crippen LogP contribution in [-0.4, -0.2) is 51.6 Å². The predicted molar refractivity (Wildman–Crippen MR) is 135 cm³/mol. The molecule has 0 spiro atoms. The number of nitrogens with one attached hydrogen (secondary N) is 1. The average molecular weight is 493 g/mol. The van der Waals surface area contributed by atoms with Crippen LogP contribution in [0.15, 0.2) is 70.5 Å². The molecule has 5 rings (SSSR count). The van der Waals surface area contributed by atoms with E-state index in [1.807, 2.05) is 24.3 Å². The van der Waals surface area contributed by atoms with E-state index in [2.05, 4.69) is 25.3 Å². The number of benzene rings is 1. The number of hydrogen-bond donors (Lipinski definition) is 3. The third kappa shape index (κ3) is 4.69. The molecule has 2 fully saturated rings. The number of para-hydroxylation sites is 1. The van der Waals surface area contributed by atoms with Gasteiger partial charge in [-0.3, -0.25) is 4.98 Å². The summed E-state index contributed by atoms with van der Waals surface area (Å²) >= 11 is 0. The molecular formula is C24H28N8O2S. The number of allylic oxidation sites excluding steroid dienone is 1. The van der Waals surface area contributed by atoms with Crippen LogP contribution in [0.1, 0.15) is 32.6 Å².